The number of esters is 1. The van der Waals surface area contributed by atoms with Gasteiger partial charge >= 0.3 is 5.97 Å². The standard InChI is InChI=1S/C15H19N3O3/c1-3-21-15(19)12-9-17-13-10(7-8-20-2)5-4-6-11(13)14(12)18-16/h4-6,9H,3,7-8,16H2,1-2H3,(H,17,18). The van der Waals surface area contributed by atoms with Crippen LogP contribution in [0.2, 0.25) is 0 Å². The van der Waals surface area contributed by atoms with Crippen LogP contribution >= 0.6 is 0 Å². The molecule has 0 saturated carbocycles. The fourth-order valence-corrected chi connectivity index (χ4v) is 2.22. The number of rotatable bonds is 6. The van der Waals surface area contributed by atoms with E-state index in [1.807, 2.05) is 18.2 Å². The second kappa shape index (κ2) is 7.01. The van der Waals surface area contributed by atoms with Gasteiger partial charge < -0.3 is 14.9 Å². The quantitative estimate of drug-likeness (QED) is 0.480. The van der Waals surface area contributed by atoms with Gasteiger partial charge in [0, 0.05) is 18.7 Å². The van der Waals surface area contributed by atoms with E-state index in [0.29, 0.717) is 24.5 Å². The summed E-state index contributed by atoms with van der Waals surface area (Å²) >= 11 is 0. The van der Waals surface area contributed by atoms with E-state index in [0.717, 1.165) is 22.9 Å². The molecule has 0 atom stereocenters. The number of fused-ring (bicyclic) bond motifs is 1. The van der Waals surface area contributed by atoms with Gasteiger partial charge in [0.05, 0.1) is 24.4 Å². The highest BCUT2D eigenvalue weighted by molar-refractivity contribution is 6.05. The van der Waals surface area contributed by atoms with Crippen LogP contribution in [-0.4, -0.2) is 31.3 Å². The van der Waals surface area contributed by atoms with Crippen molar-refractivity contribution in [1.82, 2.24) is 4.98 Å². The summed E-state index contributed by atoms with van der Waals surface area (Å²) < 4.78 is 10.1. The Morgan fingerprint density at radius 3 is 2.90 bits per heavy atom. The van der Waals surface area contributed by atoms with Crippen molar-refractivity contribution in [3.63, 3.8) is 0 Å². The molecule has 0 bridgehead atoms. The molecule has 2 rings (SSSR count). The lowest BCUT2D eigenvalue weighted by molar-refractivity contribution is 0.0527. The SMILES string of the molecule is CCOC(=O)c1cnc2c(CCOC)cccc2c1NN. The molecule has 0 spiro atoms. The van der Waals surface area contributed by atoms with Crippen LogP contribution in [0, 0.1) is 0 Å². The Hall–Kier alpha value is -2.18. The topological polar surface area (TPSA) is 86.5 Å². The monoisotopic (exact) mass is 289 g/mol. The third-order valence-electron chi connectivity index (χ3n) is 3.20. The summed E-state index contributed by atoms with van der Waals surface area (Å²) in [6.07, 6.45) is 2.23. The van der Waals surface area contributed by atoms with Crippen molar-refractivity contribution in [1.29, 1.82) is 0 Å². The molecule has 0 aliphatic carbocycles. The van der Waals surface area contributed by atoms with Crippen molar-refractivity contribution in [2.75, 3.05) is 25.7 Å². The Bertz CT molecular complexity index is 643. The van der Waals surface area contributed by atoms with Crippen LogP contribution in [0.1, 0.15) is 22.8 Å². The highest BCUT2D eigenvalue weighted by Crippen LogP contribution is 2.28. The van der Waals surface area contributed by atoms with Gasteiger partial charge in [-0.05, 0) is 18.9 Å². The number of nitrogens with two attached hydrogens (primary N) is 1. The molecule has 6 nitrogen and oxygen atoms in total. The first-order valence-electron chi connectivity index (χ1n) is 6.76. The van der Waals surface area contributed by atoms with E-state index in [1.165, 1.54) is 6.20 Å². The number of methoxy groups -OCH3 is 1. The van der Waals surface area contributed by atoms with E-state index >= 15 is 0 Å². The Kier molecular flexibility index (Phi) is 5.08. The summed E-state index contributed by atoms with van der Waals surface area (Å²) in [7, 11) is 1.66. The van der Waals surface area contributed by atoms with Crippen LogP contribution in [0.25, 0.3) is 10.9 Å². The van der Waals surface area contributed by atoms with Crippen molar-refractivity contribution in [2.24, 2.45) is 5.84 Å². The van der Waals surface area contributed by atoms with Crippen LogP contribution < -0.4 is 11.3 Å². The summed E-state index contributed by atoms with van der Waals surface area (Å²) in [5.74, 6) is 5.15. The maximum absolute atomic E-state index is 11.9. The highest BCUT2D eigenvalue weighted by Gasteiger charge is 2.17. The average Bonchev–Trinajstić information content (AvgIpc) is 2.51. The minimum absolute atomic E-state index is 0.300. The van der Waals surface area contributed by atoms with Crippen molar-refractivity contribution in [2.45, 2.75) is 13.3 Å². The number of nitrogens with one attached hydrogen (secondary N) is 1. The molecule has 0 unspecified atom stereocenters. The van der Waals surface area contributed by atoms with E-state index in [2.05, 4.69) is 10.4 Å². The van der Waals surface area contributed by atoms with Crippen LogP contribution in [0.5, 0.6) is 0 Å². The minimum atomic E-state index is -0.442. The number of nitrogens with zero attached hydrogens (tertiary/aromatic N) is 1. The molecule has 21 heavy (non-hydrogen) atoms. The van der Waals surface area contributed by atoms with Crippen LogP contribution in [0.4, 0.5) is 5.69 Å². The lowest BCUT2D eigenvalue weighted by Gasteiger charge is -2.13. The number of ether oxygens (including phenoxy) is 2. The molecule has 0 fully saturated rings. The molecular weight excluding hydrogens is 270 g/mol. The van der Waals surface area contributed by atoms with E-state index in [4.69, 9.17) is 15.3 Å². The van der Waals surface area contributed by atoms with E-state index in [9.17, 15) is 4.79 Å². The largest absolute Gasteiger partial charge is 0.462 e. The number of aromatic nitrogens is 1. The highest BCUT2D eigenvalue weighted by atomic mass is 16.5. The molecule has 0 saturated heterocycles. The second-order valence-corrected chi connectivity index (χ2v) is 4.47. The number of hydrogen-bond donors (Lipinski definition) is 2. The van der Waals surface area contributed by atoms with Gasteiger partial charge in [0.1, 0.15) is 5.56 Å². The number of benzene rings is 1. The lowest BCUT2D eigenvalue weighted by atomic mass is 10.0. The molecule has 1 aromatic carbocycles. The Morgan fingerprint density at radius 1 is 1.43 bits per heavy atom. The van der Waals surface area contributed by atoms with Gasteiger partial charge in [-0.2, -0.15) is 0 Å². The van der Waals surface area contributed by atoms with Gasteiger partial charge in [-0.3, -0.25) is 10.8 Å². The molecule has 2 aromatic rings. The van der Waals surface area contributed by atoms with Crippen molar-refractivity contribution in [3.05, 3.63) is 35.5 Å². The lowest BCUT2D eigenvalue weighted by Crippen LogP contribution is -2.15. The molecule has 112 valence electrons. The zero-order valence-electron chi connectivity index (χ0n) is 12.2. The third-order valence-corrected chi connectivity index (χ3v) is 3.20. The number of hydrogen-bond acceptors (Lipinski definition) is 6. The summed E-state index contributed by atoms with van der Waals surface area (Å²) in [5, 5.41) is 0.789. The number of pyridine rings is 1. The molecule has 3 N–H and O–H groups in total. The summed E-state index contributed by atoms with van der Waals surface area (Å²) in [5.41, 5.74) is 5.29. The molecular formula is C15H19N3O3. The third kappa shape index (κ3) is 3.12. The number of para-hydroxylation sites is 1. The van der Waals surface area contributed by atoms with Crippen LogP contribution in [0.15, 0.2) is 24.4 Å². The predicted molar refractivity (Wildman–Crippen MR) is 81.1 cm³/mol. The van der Waals surface area contributed by atoms with Gasteiger partial charge in [0.2, 0.25) is 0 Å². The van der Waals surface area contributed by atoms with Gasteiger partial charge in [0.15, 0.2) is 0 Å². The van der Waals surface area contributed by atoms with Crippen molar-refractivity contribution < 1.29 is 14.3 Å². The van der Waals surface area contributed by atoms with E-state index in [1.54, 1.807) is 14.0 Å². The summed E-state index contributed by atoms with van der Waals surface area (Å²) in [4.78, 5) is 16.3. The fraction of sp³-hybridized carbons (Fsp3) is 0.333. The van der Waals surface area contributed by atoms with Crippen molar-refractivity contribution in [3.8, 4) is 0 Å². The number of carbonyl (C=O) groups excluding carboxylic acids is 1. The average molecular weight is 289 g/mol. The normalized spacial score (nSPS) is 10.6. The Morgan fingerprint density at radius 2 is 2.24 bits per heavy atom. The zero-order valence-corrected chi connectivity index (χ0v) is 12.2. The minimum Gasteiger partial charge on any atom is -0.462 e. The van der Waals surface area contributed by atoms with Crippen LogP contribution in [0.3, 0.4) is 0 Å². The number of anilines is 1. The summed E-state index contributed by atoms with van der Waals surface area (Å²) in [6.45, 7) is 2.66. The smallest absolute Gasteiger partial charge is 0.341 e. The first-order valence-corrected chi connectivity index (χ1v) is 6.76. The molecule has 0 aliphatic heterocycles. The van der Waals surface area contributed by atoms with E-state index in [-0.39, 0.29) is 0 Å². The first kappa shape index (κ1) is 15.2. The maximum atomic E-state index is 11.9. The Labute approximate surface area is 123 Å². The van der Waals surface area contributed by atoms with Crippen LogP contribution in [-0.2, 0) is 15.9 Å². The van der Waals surface area contributed by atoms with Gasteiger partial charge in [-0.25, -0.2) is 4.79 Å². The maximum Gasteiger partial charge on any atom is 0.341 e. The van der Waals surface area contributed by atoms with Gasteiger partial charge in [-0.15, -0.1) is 0 Å². The zero-order chi connectivity index (χ0) is 15.2. The van der Waals surface area contributed by atoms with Crippen molar-refractivity contribution >= 4 is 22.6 Å². The molecule has 1 heterocycles. The Balaban J connectivity index is 2.55. The molecule has 0 amide bonds. The first-order chi connectivity index (χ1) is 10.2. The van der Waals surface area contributed by atoms with Gasteiger partial charge in [0.25, 0.3) is 0 Å². The second-order valence-electron chi connectivity index (χ2n) is 4.47. The van der Waals surface area contributed by atoms with Gasteiger partial charge in [-0.1, -0.05) is 18.2 Å². The molecule has 1 aromatic heterocycles. The van der Waals surface area contributed by atoms with E-state index < -0.39 is 5.97 Å². The predicted octanol–water partition coefficient (Wildman–Crippen LogP) is 1.89. The number of hydrazine groups is 1. The molecule has 6 heteroatoms. The fourth-order valence-electron chi connectivity index (χ4n) is 2.22. The summed E-state index contributed by atoms with van der Waals surface area (Å²) in [6, 6.07) is 5.76. The molecule has 0 radical (unpaired) electrons. The molecule has 0 aliphatic rings. The number of nitrogen functional groups attached to an aromatic ring is 1. The number of carbonyl (C=O) groups is 1.